The summed E-state index contributed by atoms with van der Waals surface area (Å²) in [7, 11) is 1.74. The molecular formula is C12H18FN3O. The summed E-state index contributed by atoms with van der Waals surface area (Å²) in [4.78, 5) is 14.1. The van der Waals surface area contributed by atoms with Gasteiger partial charge in [0.25, 0.3) is 5.56 Å². The van der Waals surface area contributed by atoms with Gasteiger partial charge < -0.3 is 9.88 Å². The molecule has 0 saturated carbocycles. The van der Waals surface area contributed by atoms with Gasteiger partial charge in [0.1, 0.15) is 12.4 Å². The molecule has 94 valence electrons. The molecule has 0 aromatic carbocycles. The molecule has 0 radical (unpaired) electrons. The van der Waals surface area contributed by atoms with E-state index in [1.165, 1.54) is 0 Å². The molecule has 2 heterocycles. The number of anilines is 1. The Labute approximate surface area is 100 Å². The average Bonchev–Trinajstić information content (AvgIpc) is 2.78. The molecule has 0 unspecified atom stereocenters. The SMILES string of the molecule is CNc1cccn([C@H]2CCN(CCF)C2)c1=O. The predicted octanol–water partition coefficient (Wildman–Crippen LogP) is 1.11. The first-order chi connectivity index (χ1) is 8.26. The molecule has 1 aliphatic heterocycles. The monoisotopic (exact) mass is 239 g/mol. The quantitative estimate of drug-likeness (QED) is 0.855. The number of halogens is 1. The minimum atomic E-state index is -0.321. The molecule has 1 N–H and O–H groups in total. The highest BCUT2D eigenvalue weighted by atomic mass is 19.1. The molecule has 0 amide bonds. The Hall–Kier alpha value is -1.36. The van der Waals surface area contributed by atoms with Crippen LogP contribution in [0.1, 0.15) is 12.5 Å². The lowest BCUT2D eigenvalue weighted by Crippen LogP contribution is -2.29. The Kier molecular flexibility index (Phi) is 3.78. The zero-order valence-electron chi connectivity index (χ0n) is 10.0. The van der Waals surface area contributed by atoms with Crippen molar-refractivity contribution in [3.63, 3.8) is 0 Å². The molecule has 5 heteroatoms. The second-order valence-electron chi connectivity index (χ2n) is 4.32. The van der Waals surface area contributed by atoms with Crippen LogP contribution in [0, 0.1) is 0 Å². The van der Waals surface area contributed by atoms with Gasteiger partial charge in [0.05, 0.1) is 6.04 Å². The van der Waals surface area contributed by atoms with Gasteiger partial charge in [0, 0.05) is 32.9 Å². The summed E-state index contributed by atoms with van der Waals surface area (Å²) >= 11 is 0. The van der Waals surface area contributed by atoms with Gasteiger partial charge in [-0.25, -0.2) is 4.39 Å². The van der Waals surface area contributed by atoms with Crippen LogP contribution in [0.3, 0.4) is 0 Å². The number of hydrogen-bond donors (Lipinski definition) is 1. The zero-order valence-corrected chi connectivity index (χ0v) is 10.0. The Morgan fingerprint density at radius 3 is 3.12 bits per heavy atom. The van der Waals surface area contributed by atoms with Crippen molar-refractivity contribution >= 4 is 5.69 Å². The van der Waals surface area contributed by atoms with E-state index in [4.69, 9.17) is 0 Å². The minimum Gasteiger partial charge on any atom is -0.384 e. The molecule has 1 aromatic rings. The summed E-state index contributed by atoms with van der Waals surface area (Å²) in [5, 5.41) is 2.89. The molecule has 0 bridgehead atoms. The van der Waals surface area contributed by atoms with E-state index in [2.05, 4.69) is 10.2 Å². The van der Waals surface area contributed by atoms with Crippen molar-refractivity contribution in [2.24, 2.45) is 0 Å². The van der Waals surface area contributed by atoms with Crippen LogP contribution in [0.5, 0.6) is 0 Å². The van der Waals surface area contributed by atoms with E-state index < -0.39 is 0 Å². The number of nitrogens with zero attached hydrogens (tertiary/aromatic N) is 2. The van der Waals surface area contributed by atoms with Gasteiger partial charge in [-0.15, -0.1) is 0 Å². The van der Waals surface area contributed by atoms with E-state index in [0.717, 1.165) is 19.5 Å². The first-order valence-corrected chi connectivity index (χ1v) is 5.93. The summed E-state index contributed by atoms with van der Waals surface area (Å²) < 4.78 is 14.0. The first-order valence-electron chi connectivity index (χ1n) is 5.93. The Morgan fingerprint density at radius 2 is 2.41 bits per heavy atom. The Morgan fingerprint density at radius 1 is 1.59 bits per heavy atom. The lowest BCUT2D eigenvalue weighted by Gasteiger charge is -2.16. The van der Waals surface area contributed by atoms with Crippen molar-refractivity contribution < 1.29 is 4.39 Å². The van der Waals surface area contributed by atoms with Crippen molar-refractivity contribution in [1.82, 2.24) is 9.47 Å². The fourth-order valence-electron chi connectivity index (χ4n) is 2.35. The maximum absolute atomic E-state index is 12.3. The Balaban J connectivity index is 2.16. The van der Waals surface area contributed by atoms with E-state index >= 15 is 0 Å². The summed E-state index contributed by atoms with van der Waals surface area (Å²) in [5.74, 6) is 0. The molecule has 1 saturated heterocycles. The molecule has 1 fully saturated rings. The number of alkyl halides is 1. The molecule has 4 nitrogen and oxygen atoms in total. The highest BCUT2D eigenvalue weighted by Crippen LogP contribution is 2.20. The van der Waals surface area contributed by atoms with Crippen molar-refractivity contribution in [2.45, 2.75) is 12.5 Å². The molecule has 2 rings (SSSR count). The van der Waals surface area contributed by atoms with Crippen LogP contribution in [0.2, 0.25) is 0 Å². The van der Waals surface area contributed by atoms with Gasteiger partial charge in [0.15, 0.2) is 0 Å². The van der Waals surface area contributed by atoms with Gasteiger partial charge in [-0.05, 0) is 18.6 Å². The van der Waals surface area contributed by atoms with Crippen LogP contribution < -0.4 is 10.9 Å². The van der Waals surface area contributed by atoms with E-state index in [-0.39, 0.29) is 18.3 Å². The number of aromatic nitrogens is 1. The third kappa shape index (κ3) is 2.49. The van der Waals surface area contributed by atoms with E-state index in [1.807, 2.05) is 12.3 Å². The molecule has 1 aliphatic rings. The zero-order chi connectivity index (χ0) is 12.3. The van der Waals surface area contributed by atoms with Crippen LogP contribution in [-0.4, -0.2) is 42.8 Å². The summed E-state index contributed by atoms with van der Waals surface area (Å²) in [6.45, 7) is 1.77. The summed E-state index contributed by atoms with van der Waals surface area (Å²) in [5.41, 5.74) is 0.610. The molecule has 1 atom stereocenters. The topological polar surface area (TPSA) is 37.3 Å². The normalized spacial score (nSPS) is 20.7. The van der Waals surface area contributed by atoms with E-state index in [1.54, 1.807) is 17.7 Å². The molecule has 17 heavy (non-hydrogen) atoms. The van der Waals surface area contributed by atoms with Crippen molar-refractivity contribution in [3.05, 3.63) is 28.7 Å². The molecule has 0 spiro atoms. The average molecular weight is 239 g/mol. The largest absolute Gasteiger partial charge is 0.384 e. The van der Waals surface area contributed by atoms with Crippen LogP contribution in [0.4, 0.5) is 10.1 Å². The third-order valence-corrected chi connectivity index (χ3v) is 3.29. The fraction of sp³-hybridized carbons (Fsp3) is 0.583. The van der Waals surface area contributed by atoms with Crippen LogP contribution >= 0.6 is 0 Å². The minimum absolute atomic E-state index is 0.00194. The number of rotatable bonds is 4. The molecule has 0 aliphatic carbocycles. The number of pyridine rings is 1. The third-order valence-electron chi connectivity index (χ3n) is 3.29. The second kappa shape index (κ2) is 5.31. The van der Waals surface area contributed by atoms with Crippen LogP contribution in [-0.2, 0) is 0 Å². The fourth-order valence-corrected chi connectivity index (χ4v) is 2.35. The highest BCUT2D eigenvalue weighted by molar-refractivity contribution is 5.39. The van der Waals surface area contributed by atoms with Crippen LogP contribution in [0.25, 0.3) is 0 Å². The Bertz CT molecular complexity index is 432. The smallest absolute Gasteiger partial charge is 0.274 e. The van der Waals surface area contributed by atoms with Gasteiger partial charge in [-0.2, -0.15) is 0 Å². The van der Waals surface area contributed by atoms with E-state index in [9.17, 15) is 9.18 Å². The maximum Gasteiger partial charge on any atom is 0.274 e. The summed E-state index contributed by atoms with van der Waals surface area (Å²) in [6, 6.07) is 3.81. The maximum atomic E-state index is 12.3. The highest BCUT2D eigenvalue weighted by Gasteiger charge is 2.24. The first kappa shape index (κ1) is 12.1. The standard InChI is InChI=1S/C12H18FN3O/c1-14-11-3-2-6-16(12(11)17)10-4-7-15(9-10)8-5-13/h2-3,6,10,14H,4-5,7-9H2,1H3/t10-/m0/s1. The van der Waals surface area contributed by atoms with Crippen molar-refractivity contribution in [3.8, 4) is 0 Å². The lowest BCUT2D eigenvalue weighted by atomic mass is 10.2. The van der Waals surface area contributed by atoms with Gasteiger partial charge in [-0.3, -0.25) is 9.69 Å². The van der Waals surface area contributed by atoms with Gasteiger partial charge in [-0.1, -0.05) is 0 Å². The van der Waals surface area contributed by atoms with Crippen LogP contribution in [0.15, 0.2) is 23.1 Å². The molecule has 1 aromatic heterocycles. The lowest BCUT2D eigenvalue weighted by molar-refractivity contribution is 0.287. The number of likely N-dealkylation sites (tertiary alicyclic amines) is 1. The second-order valence-corrected chi connectivity index (χ2v) is 4.32. The van der Waals surface area contributed by atoms with Gasteiger partial charge >= 0.3 is 0 Å². The number of hydrogen-bond acceptors (Lipinski definition) is 3. The number of nitrogens with one attached hydrogen (secondary N) is 1. The predicted molar refractivity (Wildman–Crippen MR) is 66.3 cm³/mol. The van der Waals surface area contributed by atoms with Gasteiger partial charge in [0.2, 0.25) is 0 Å². The van der Waals surface area contributed by atoms with Crippen molar-refractivity contribution in [2.75, 3.05) is 38.7 Å². The van der Waals surface area contributed by atoms with Crippen molar-refractivity contribution in [1.29, 1.82) is 0 Å². The molecular weight excluding hydrogens is 221 g/mol. The summed E-state index contributed by atoms with van der Waals surface area (Å²) in [6.07, 6.45) is 2.72. The van der Waals surface area contributed by atoms with E-state index in [0.29, 0.717) is 12.2 Å².